The fourth-order valence-electron chi connectivity index (χ4n) is 4.81. The van der Waals surface area contributed by atoms with Crippen LogP contribution in [0.15, 0.2) is 83.8 Å². The Morgan fingerprint density at radius 1 is 0.923 bits per heavy atom. The van der Waals surface area contributed by atoms with Crippen LogP contribution in [0.2, 0.25) is 5.02 Å². The van der Waals surface area contributed by atoms with Crippen LogP contribution in [0, 0.1) is 6.92 Å². The molecular formula is C29H30ClN5O3S. The van der Waals surface area contributed by atoms with Crippen molar-refractivity contribution >= 4 is 33.0 Å². The van der Waals surface area contributed by atoms with Crippen molar-refractivity contribution in [1.29, 1.82) is 0 Å². The number of aromatic nitrogens is 2. The number of benzene rings is 3. The molecule has 0 radical (unpaired) electrons. The molecule has 0 atom stereocenters. The van der Waals surface area contributed by atoms with E-state index in [2.05, 4.69) is 5.10 Å². The van der Waals surface area contributed by atoms with Gasteiger partial charge in [-0.1, -0.05) is 59.6 Å². The highest BCUT2D eigenvalue weighted by atomic mass is 35.5. The number of piperazine rings is 1. The number of anilines is 2. The van der Waals surface area contributed by atoms with E-state index >= 15 is 0 Å². The van der Waals surface area contributed by atoms with E-state index in [4.69, 9.17) is 17.3 Å². The average molecular weight is 564 g/mol. The Morgan fingerprint density at radius 2 is 1.64 bits per heavy atom. The standard InChI is InChI=1S/C29H30ClN5O3S/c1-21-8-10-22(11-9-21)17-27-28(19-32-35(29(27)36)26-7-3-5-24(30)18-26)33-12-14-34(15-13-33)39(37,38)20-23-4-2-6-25(31)16-23/h2-11,16,18-19H,12-15,17,20,31H2,1H3. The van der Waals surface area contributed by atoms with Gasteiger partial charge in [0.05, 0.1) is 23.3 Å². The third-order valence-corrected chi connectivity index (χ3v) is 8.97. The highest BCUT2D eigenvalue weighted by molar-refractivity contribution is 7.88. The summed E-state index contributed by atoms with van der Waals surface area (Å²) < 4.78 is 29.1. The summed E-state index contributed by atoms with van der Waals surface area (Å²) in [6, 6.07) is 22.0. The molecule has 1 aromatic heterocycles. The van der Waals surface area contributed by atoms with Gasteiger partial charge in [-0.25, -0.2) is 8.42 Å². The van der Waals surface area contributed by atoms with E-state index in [-0.39, 0.29) is 11.3 Å². The van der Waals surface area contributed by atoms with Crippen LogP contribution in [0.3, 0.4) is 0 Å². The summed E-state index contributed by atoms with van der Waals surface area (Å²) in [6.45, 7) is 3.53. The van der Waals surface area contributed by atoms with E-state index < -0.39 is 10.0 Å². The zero-order valence-corrected chi connectivity index (χ0v) is 23.2. The molecule has 4 aromatic rings. The van der Waals surface area contributed by atoms with Gasteiger partial charge in [-0.3, -0.25) is 4.79 Å². The predicted octanol–water partition coefficient (Wildman–Crippen LogP) is 4.02. The average Bonchev–Trinajstić information content (AvgIpc) is 2.91. The number of nitrogen functional groups attached to an aromatic ring is 1. The molecule has 0 spiro atoms. The first kappa shape index (κ1) is 26.9. The van der Waals surface area contributed by atoms with E-state index in [0.717, 1.165) is 11.1 Å². The first-order valence-electron chi connectivity index (χ1n) is 12.7. The molecule has 0 aliphatic carbocycles. The molecule has 8 nitrogen and oxygen atoms in total. The summed E-state index contributed by atoms with van der Waals surface area (Å²) in [4.78, 5) is 15.8. The summed E-state index contributed by atoms with van der Waals surface area (Å²) in [7, 11) is -3.52. The number of sulfonamides is 1. The fourth-order valence-corrected chi connectivity index (χ4v) is 6.50. The molecule has 10 heteroatoms. The Hall–Kier alpha value is -3.66. The normalized spacial score (nSPS) is 14.5. The molecule has 2 heterocycles. The van der Waals surface area contributed by atoms with Crippen molar-refractivity contribution in [2.45, 2.75) is 19.1 Å². The summed E-state index contributed by atoms with van der Waals surface area (Å²) in [5.74, 6) is -0.103. The number of halogens is 1. The minimum Gasteiger partial charge on any atom is -0.399 e. The van der Waals surface area contributed by atoms with Gasteiger partial charge in [0, 0.05) is 48.9 Å². The van der Waals surface area contributed by atoms with Gasteiger partial charge in [0.1, 0.15) is 0 Å². The van der Waals surface area contributed by atoms with Crippen LogP contribution in [-0.4, -0.2) is 48.7 Å². The first-order valence-corrected chi connectivity index (χ1v) is 14.7. The Balaban J connectivity index is 1.42. The van der Waals surface area contributed by atoms with E-state index in [1.165, 1.54) is 8.99 Å². The van der Waals surface area contributed by atoms with Crippen molar-refractivity contribution in [3.8, 4) is 5.69 Å². The van der Waals surface area contributed by atoms with Gasteiger partial charge < -0.3 is 10.6 Å². The Kier molecular flexibility index (Phi) is 7.74. The number of nitrogens with zero attached hydrogens (tertiary/aromatic N) is 4. The van der Waals surface area contributed by atoms with Crippen LogP contribution < -0.4 is 16.2 Å². The second-order valence-electron chi connectivity index (χ2n) is 9.75. The molecule has 0 amide bonds. The zero-order chi connectivity index (χ0) is 27.6. The van der Waals surface area contributed by atoms with Crippen molar-refractivity contribution < 1.29 is 8.42 Å². The van der Waals surface area contributed by atoms with E-state index in [9.17, 15) is 13.2 Å². The fraction of sp³-hybridized carbons (Fsp3) is 0.241. The molecule has 1 aliphatic heterocycles. The Labute approximate surface area is 233 Å². The maximum atomic E-state index is 13.8. The molecule has 202 valence electrons. The lowest BCUT2D eigenvalue weighted by Gasteiger charge is -2.36. The lowest BCUT2D eigenvalue weighted by Crippen LogP contribution is -2.49. The number of hydrogen-bond donors (Lipinski definition) is 1. The molecule has 0 unspecified atom stereocenters. The minimum absolute atomic E-state index is 0.103. The number of aryl methyl sites for hydroxylation is 1. The maximum absolute atomic E-state index is 13.8. The molecule has 39 heavy (non-hydrogen) atoms. The first-order chi connectivity index (χ1) is 18.7. The van der Waals surface area contributed by atoms with Crippen LogP contribution in [-0.2, 0) is 22.2 Å². The van der Waals surface area contributed by atoms with Crippen LogP contribution in [0.4, 0.5) is 11.4 Å². The second kappa shape index (κ2) is 11.2. The number of hydrogen-bond acceptors (Lipinski definition) is 6. The van der Waals surface area contributed by atoms with Gasteiger partial charge >= 0.3 is 0 Å². The van der Waals surface area contributed by atoms with Gasteiger partial charge in [-0.2, -0.15) is 14.1 Å². The molecule has 0 bridgehead atoms. The summed E-state index contributed by atoms with van der Waals surface area (Å²) in [5.41, 5.74) is 10.8. The summed E-state index contributed by atoms with van der Waals surface area (Å²) in [5, 5.41) is 4.99. The third kappa shape index (κ3) is 6.16. The van der Waals surface area contributed by atoms with Gasteiger partial charge in [0.15, 0.2) is 0 Å². The molecule has 1 saturated heterocycles. The summed E-state index contributed by atoms with van der Waals surface area (Å²) in [6.07, 6.45) is 2.12. The lowest BCUT2D eigenvalue weighted by atomic mass is 10.0. The molecule has 1 aliphatic rings. The number of rotatable bonds is 7. The summed E-state index contributed by atoms with van der Waals surface area (Å²) >= 11 is 6.18. The topological polar surface area (TPSA) is 102 Å². The quantitative estimate of drug-likeness (QED) is 0.341. The number of nitrogens with two attached hydrogens (primary N) is 1. The van der Waals surface area contributed by atoms with Crippen molar-refractivity contribution in [3.05, 3.63) is 117 Å². The Morgan fingerprint density at radius 3 is 2.33 bits per heavy atom. The van der Waals surface area contributed by atoms with Crippen LogP contribution in [0.25, 0.3) is 5.69 Å². The van der Waals surface area contributed by atoms with E-state index in [0.29, 0.717) is 65.8 Å². The predicted molar refractivity (Wildman–Crippen MR) is 156 cm³/mol. The highest BCUT2D eigenvalue weighted by Crippen LogP contribution is 2.24. The largest absolute Gasteiger partial charge is 0.399 e. The Bertz CT molecular complexity index is 1650. The molecular weight excluding hydrogens is 534 g/mol. The molecule has 1 fully saturated rings. The van der Waals surface area contributed by atoms with E-state index in [1.54, 1.807) is 54.7 Å². The van der Waals surface area contributed by atoms with Gasteiger partial charge in [0.25, 0.3) is 5.56 Å². The molecule has 0 saturated carbocycles. The van der Waals surface area contributed by atoms with Crippen LogP contribution >= 0.6 is 11.6 Å². The van der Waals surface area contributed by atoms with Gasteiger partial charge in [-0.05, 0) is 48.4 Å². The van der Waals surface area contributed by atoms with Crippen molar-refractivity contribution in [3.63, 3.8) is 0 Å². The van der Waals surface area contributed by atoms with Crippen molar-refractivity contribution in [2.75, 3.05) is 36.8 Å². The second-order valence-corrected chi connectivity index (χ2v) is 12.2. The van der Waals surface area contributed by atoms with Crippen molar-refractivity contribution in [1.82, 2.24) is 14.1 Å². The van der Waals surface area contributed by atoms with E-state index in [1.807, 2.05) is 36.1 Å². The zero-order valence-electron chi connectivity index (χ0n) is 21.6. The lowest BCUT2D eigenvalue weighted by molar-refractivity contribution is 0.384. The molecule has 5 rings (SSSR count). The molecule has 2 N–H and O–H groups in total. The maximum Gasteiger partial charge on any atom is 0.277 e. The van der Waals surface area contributed by atoms with Gasteiger partial charge in [-0.15, -0.1) is 0 Å². The van der Waals surface area contributed by atoms with Gasteiger partial charge in [0.2, 0.25) is 10.0 Å². The van der Waals surface area contributed by atoms with Crippen LogP contribution in [0.5, 0.6) is 0 Å². The smallest absolute Gasteiger partial charge is 0.277 e. The van der Waals surface area contributed by atoms with Crippen LogP contribution in [0.1, 0.15) is 22.3 Å². The highest BCUT2D eigenvalue weighted by Gasteiger charge is 2.29. The SMILES string of the molecule is Cc1ccc(Cc2c(N3CCN(S(=O)(=O)Cc4cccc(N)c4)CC3)cnn(-c3cccc(Cl)c3)c2=O)cc1. The monoisotopic (exact) mass is 563 g/mol. The van der Waals surface area contributed by atoms with Crippen molar-refractivity contribution in [2.24, 2.45) is 0 Å². The minimum atomic E-state index is -3.52. The third-order valence-electron chi connectivity index (χ3n) is 6.88. The molecule has 3 aromatic carbocycles.